The van der Waals surface area contributed by atoms with Crippen molar-refractivity contribution in [3.8, 4) is 0 Å². The van der Waals surface area contributed by atoms with Crippen molar-refractivity contribution in [3.63, 3.8) is 0 Å². The van der Waals surface area contributed by atoms with Crippen molar-refractivity contribution in [2.24, 2.45) is 0 Å². The Kier molecular flexibility index (Phi) is 5.06. The number of amides is 1. The Hall–Kier alpha value is -2.84. The molecule has 0 radical (unpaired) electrons. The minimum absolute atomic E-state index is 0.0349. The van der Waals surface area contributed by atoms with Gasteiger partial charge in [0.1, 0.15) is 0 Å². The van der Waals surface area contributed by atoms with E-state index in [-0.39, 0.29) is 40.2 Å². The lowest BCUT2D eigenvalue weighted by molar-refractivity contribution is 0.0670. The monoisotopic (exact) mass is 404 g/mol. The third-order valence-electron chi connectivity index (χ3n) is 5.43. The molecule has 0 saturated carbocycles. The molecule has 1 aliphatic heterocycles. The van der Waals surface area contributed by atoms with Crippen LogP contribution in [-0.4, -0.2) is 39.2 Å². The number of aromatic nitrogens is 3. The third kappa shape index (κ3) is 3.61. The molecule has 154 valence electrons. The molecule has 1 saturated heterocycles. The predicted molar refractivity (Wildman–Crippen MR) is 100.0 cm³/mol. The van der Waals surface area contributed by atoms with Gasteiger partial charge in [0.15, 0.2) is 0 Å². The first kappa shape index (κ1) is 19.5. The lowest BCUT2D eigenvalue weighted by atomic mass is 9.91. The van der Waals surface area contributed by atoms with Crippen molar-refractivity contribution < 1.29 is 22.6 Å². The normalized spacial score (nSPS) is 15.8. The standard InChI is InChI=1S/C20H22F2N4O3/c1-10(2)14-9-16(28-25-14)20(27)26-6-4-12(5-7-26)15-8-13(18(21)22)17-11(3)24-29-19(17)23-15/h8-10,12,18H,4-7H2,1-3H3. The summed E-state index contributed by atoms with van der Waals surface area (Å²) in [6, 6.07) is 3.13. The largest absolute Gasteiger partial charge is 0.351 e. The molecule has 4 rings (SSSR count). The molecule has 3 aromatic rings. The molecule has 0 unspecified atom stereocenters. The van der Waals surface area contributed by atoms with Crippen molar-refractivity contribution in [2.45, 2.75) is 51.9 Å². The molecule has 0 N–H and O–H groups in total. The maximum Gasteiger partial charge on any atom is 0.292 e. The summed E-state index contributed by atoms with van der Waals surface area (Å²) in [4.78, 5) is 18.8. The number of nitrogens with zero attached hydrogens (tertiary/aromatic N) is 4. The molecule has 0 bridgehead atoms. The smallest absolute Gasteiger partial charge is 0.292 e. The fourth-order valence-electron chi connectivity index (χ4n) is 3.72. The van der Waals surface area contributed by atoms with Gasteiger partial charge in [-0.15, -0.1) is 0 Å². The van der Waals surface area contributed by atoms with Crippen molar-refractivity contribution in [1.82, 2.24) is 20.2 Å². The van der Waals surface area contributed by atoms with Crippen LogP contribution < -0.4 is 0 Å². The first-order valence-corrected chi connectivity index (χ1v) is 9.66. The van der Waals surface area contributed by atoms with Crippen molar-refractivity contribution in [3.05, 3.63) is 40.5 Å². The van der Waals surface area contributed by atoms with E-state index in [1.54, 1.807) is 17.9 Å². The Labute approximate surface area is 166 Å². The van der Waals surface area contributed by atoms with Gasteiger partial charge in [0.05, 0.1) is 16.8 Å². The van der Waals surface area contributed by atoms with Crippen LogP contribution in [0, 0.1) is 6.92 Å². The minimum Gasteiger partial charge on any atom is -0.351 e. The number of halogens is 2. The van der Waals surface area contributed by atoms with Gasteiger partial charge in [0.25, 0.3) is 18.0 Å². The van der Waals surface area contributed by atoms with E-state index in [0.717, 1.165) is 5.69 Å². The highest BCUT2D eigenvalue weighted by molar-refractivity contribution is 5.91. The van der Waals surface area contributed by atoms with Crippen LogP contribution in [0.3, 0.4) is 0 Å². The van der Waals surface area contributed by atoms with Gasteiger partial charge in [0.2, 0.25) is 5.76 Å². The number of piperidine rings is 1. The van der Waals surface area contributed by atoms with Gasteiger partial charge in [-0.1, -0.05) is 24.2 Å². The van der Waals surface area contributed by atoms with Crippen LogP contribution in [0.5, 0.6) is 0 Å². The number of carbonyl (C=O) groups excluding carboxylic acids is 1. The van der Waals surface area contributed by atoms with E-state index in [1.807, 2.05) is 13.8 Å². The maximum absolute atomic E-state index is 13.5. The Morgan fingerprint density at radius 3 is 2.52 bits per heavy atom. The van der Waals surface area contributed by atoms with E-state index >= 15 is 0 Å². The first-order valence-electron chi connectivity index (χ1n) is 9.66. The zero-order chi connectivity index (χ0) is 20.7. The highest BCUT2D eigenvalue weighted by atomic mass is 19.3. The topological polar surface area (TPSA) is 85.3 Å². The molecule has 3 aromatic heterocycles. The maximum atomic E-state index is 13.5. The quantitative estimate of drug-likeness (QED) is 0.632. The van der Waals surface area contributed by atoms with Crippen LogP contribution in [-0.2, 0) is 0 Å². The highest BCUT2D eigenvalue weighted by Gasteiger charge is 2.29. The van der Waals surface area contributed by atoms with E-state index < -0.39 is 6.43 Å². The molecule has 0 spiro atoms. The Balaban J connectivity index is 1.50. The zero-order valence-electron chi connectivity index (χ0n) is 16.5. The van der Waals surface area contributed by atoms with Gasteiger partial charge in [-0.2, -0.15) is 0 Å². The SMILES string of the molecule is Cc1noc2nc(C3CCN(C(=O)c4cc(C(C)C)no4)CC3)cc(C(F)F)c12. The second-order valence-electron chi connectivity index (χ2n) is 7.72. The highest BCUT2D eigenvalue weighted by Crippen LogP contribution is 2.35. The molecule has 1 aliphatic rings. The van der Waals surface area contributed by atoms with Gasteiger partial charge >= 0.3 is 0 Å². The van der Waals surface area contributed by atoms with Gasteiger partial charge < -0.3 is 13.9 Å². The van der Waals surface area contributed by atoms with Crippen LogP contribution in [0.2, 0.25) is 0 Å². The summed E-state index contributed by atoms with van der Waals surface area (Å²) in [5, 5.41) is 7.98. The minimum atomic E-state index is -2.64. The van der Waals surface area contributed by atoms with Gasteiger partial charge in [0, 0.05) is 36.3 Å². The molecule has 1 fully saturated rings. The number of hydrogen-bond donors (Lipinski definition) is 0. The van der Waals surface area contributed by atoms with Crippen molar-refractivity contribution in [1.29, 1.82) is 0 Å². The van der Waals surface area contributed by atoms with Gasteiger partial charge in [-0.05, 0) is 31.7 Å². The summed E-state index contributed by atoms with van der Waals surface area (Å²) < 4.78 is 37.4. The third-order valence-corrected chi connectivity index (χ3v) is 5.43. The predicted octanol–water partition coefficient (Wildman–Crippen LogP) is 4.60. The summed E-state index contributed by atoms with van der Waals surface area (Å²) in [7, 11) is 0. The number of alkyl halides is 2. The Bertz CT molecular complexity index is 1040. The van der Waals surface area contributed by atoms with Crippen molar-refractivity contribution in [2.75, 3.05) is 13.1 Å². The number of hydrogen-bond acceptors (Lipinski definition) is 6. The molecule has 4 heterocycles. The lowest BCUT2D eigenvalue weighted by Gasteiger charge is -2.31. The summed E-state index contributed by atoms with van der Waals surface area (Å²) in [5.74, 6) is 0.164. The molecule has 1 amide bonds. The molecule has 0 aliphatic carbocycles. The molecule has 0 atom stereocenters. The number of pyridine rings is 1. The van der Waals surface area contributed by atoms with E-state index in [4.69, 9.17) is 9.05 Å². The van der Waals surface area contributed by atoms with E-state index in [0.29, 0.717) is 37.3 Å². The summed E-state index contributed by atoms with van der Waals surface area (Å²) in [6.45, 7) is 6.55. The zero-order valence-corrected chi connectivity index (χ0v) is 16.5. The summed E-state index contributed by atoms with van der Waals surface area (Å²) in [6.07, 6.45) is -1.41. The molecular formula is C20H22F2N4O3. The molecule has 9 heteroatoms. The fourth-order valence-corrected chi connectivity index (χ4v) is 3.72. The number of fused-ring (bicyclic) bond motifs is 1. The van der Waals surface area contributed by atoms with Crippen LogP contribution in [0.25, 0.3) is 11.1 Å². The van der Waals surface area contributed by atoms with E-state index in [1.165, 1.54) is 6.07 Å². The number of aryl methyl sites for hydroxylation is 1. The van der Waals surface area contributed by atoms with Gasteiger partial charge in [-0.3, -0.25) is 4.79 Å². The summed E-state index contributed by atoms with van der Waals surface area (Å²) >= 11 is 0. The fraction of sp³-hybridized carbons (Fsp3) is 0.500. The van der Waals surface area contributed by atoms with E-state index in [2.05, 4.69) is 15.3 Å². The Morgan fingerprint density at radius 2 is 1.90 bits per heavy atom. The second kappa shape index (κ2) is 7.53. The second-order valence-corrected chi connectivity index (χ2v) is 7.72. The van der Waals surface area contributed by atoms with Crippen molar-refractivity contribution >= 4 is 17.0 Å². The lowest BCUT2D eigenvalue weighted by Crippen LogP contribution is -2.37. The van der Waals surface area contributed by atoms with Gasteiger partial charge in [-0.25, -0.2) is 13.8 Å². The number of rotatable bonds is 4. The average Bonchev–Trinajstić information content (AvgIpc) is 3.34. The van der Waals surface area contributed by atoms with E-state index in [9.17, 15) is 13.6 Å². The molecular weight excluding hydrogens is 382 g/mol. The van der Waals surface area contributed by atoms with Crippen LogP contribution in [0.15, 0.2) is 21.2 Å². The Morgan fingerprint density at radius 1 is 1.17 bits per heavy atom. The van der Waals surface area contributed by atoms with Crippen LogP contribution in [0.1, 0.15) is 78.2 Å². The molecule has 0 aromatic carbocycles. The molecule has 7 nitrogen and oxygen atoms in total. The number of likely N-dealkylation sites (tertiary alicyclic amines) is 1. The number of carbonyl (C=O) groups is 1. The van der Waals surface area contributed by atoms with Crippen LogP contribution in [0.4, 0.5) is 8.78 Å². The molecule has 29 heavy (non-hydrogen) atoms. The first-order chi connectivity index (χ1) is 13.8. The van der Waals surface area contributed by atoms with Crippen LogP contribution >= 0.6 is 0 Å². The summed E-state index contributed by atoms with van der Waals surface area (Å²) in [5.41, 5.74) is 1.73. The average molecular weight is 404 g/mol.